The summed E-state index contributed by atoms with van der Waals surface area (Å²) in [5.41, 5.74) is 1.47. The van der Waals surface area contributed by atoms with Gasteiger partial charge in [-0.25, -0.2) is 9.18 Å². The number of carbonyl (C=O) groups is 2. The molecule has 0 atom stereocenters. The van der Waals surface area contributed by atoms with Gasteiger partial charge in [0.2, 0.25) is 5.91 Å². The molecule has 140 valence electrons. The summed E-state index contributed by atoms with van der Waals surface area (Å²) in [7, 11) is 3.05. The molecule has 2 aromatic heterocycles. The first kappa shape index (κ1) is 19.1. The Balaban J connectivity index is 1.80. The number of thiophene rings is 1. The van der Waals surface area contributed by atoms with Crippen molar-refractivity contribution in [1.82, 2.24) is 14.8 Å². The highest BCUT2D eigenvalue weighted by Crippen LogP contribution is 2.36. The monoisotopic (exact) mass is 406 g/mol. The van der Waals surface area contributed by atoms with Gasteiger partial charge in [-0.3, -0.25) is 4.79 Å². The minimum Gasteiger partial charge on any atom is -0.465 e. The maximum Gasteiger partial charge on any atom is 0.341 e. The molecule has 2 heterocycles. The van der Waals surface area contributed by atoms with Gasteiger partial charge in [0.05, 0.1) is 12.9 Å². The lowest BCUT2D eigenvalue weighted by Gasteiger charge is -2.08. The third kappa shape index (κ3) is 4.34. The van der Waals surface area contributed by atoms with E-state index < -0.39 is 5.97 Å². The average Bonchev–Trinajstić information content (AvgIpc) is 3.26. The number of carbonyl (C=O) groups excluding carboxylic acids is 2. The van der Waals surface area contributed by atoms with Crippen molar-refractivity contribution in [3.05, 3.63) is 47.4 Å². The fourth-order valence-electron chi connectivity index (χ4n) is 2.29. The van der Waals surface area contributed by atoms with Gasteiger partial charge in [0.15, 0.2) is 5.16 Å². The van der Waals surface area contributed by atoms with Crippen molar-refractivity contribution in [2.24, 2.45) is 7.05 Å². The van der Waals surface area contributed by atoms with Crippen LogP contribution < -0.4 is 5.32 Å². The number of benzene rings is 1. The van der Waals surface area contributed by atoms with E-state index in [2.05, 4.69) is 15.5 Å². The predicted octanol–water partition coefficient (Wildman–Crippen LogP) is 3.20. The smallest absolute Gasteiger partial charge is 0.341 e. The Morgan fingerprint density at radius 3 is 2.70 bits per heavy atom. The zero-order chi connectivity index (χ0) is 19.4. The number of ether oxygens (including phenoxy) is 1. The van der Waals surface area contributed by atoms with Gasteiger partial charge in [0.1, 0.15) is 22.7 Å². The first-order valence-corrected chi connectivity index (χ1v) is 9.58. The number of nitrogens with one attached hydrogen (secondary N) is 1. The maximum absolute atomic E-state index is 13.2. The van der Waals surface area contributed by atoms with E-state index in [1.807, 2.05) is 0 Å². The van der Waals surface area contributed by atoms with Gasteiger partial charge in [-0.2, -0.15) is 0 Å². The van der Waals surface area contributed by atoms with Crippen molar-refractivity contribution in [3.8, 4) is 11.1 Å². The van der Waals surface area contributed by atoms with Crippen LogP contribution in [-0.2, 0) is 16.6 Å². The Hall–Kier alpha value is -2.72. The number of thioether (sulfide) groups is 1. The highest BCUT2D eigenvalue weighted by atomic mass is 32.2. The number of hydrogen-bond acceptors (Lipinski definition) is 7. The molecule has 0 saturated carbocycles. The second kappa shape index (κ2) is 8.31. The number of anilines is 1. The van der Waals surface area contributed by atoms with Gasteiger partial charge in [0.25, 0.3) is 0 Å². The normalized spacial score (nSPS) is 10.6. The van der Waals surface area contributed by atoms with Gasteiger partial charge in [-0.15, -0.1) is 21.5 Å². The Morgan fingerprint density at radius 2 is 2.07 bits per heavy atom. The van der Waals surface area contributed by atoms with Crippen molar-refractivity contribution in [2.45, 2.75) is 5.16 Å². The first-order chi connectivity index (χ1) is 13.0. The standard InChI is InChI=1S/C17H15FN4O3S2/c1-22-9-19-21-17(22)27-8-13(23)20-15-14(16(24)25-2)12(7-26-15)10-3-5-11(18)6-4-10/h3-7,9H,8H2,1-2H3,(H,20,23). The second-order valence-corrected chi connectivity index (χ2v) is 7.24. The number of aryl methyl sites for hydroxylation is 1. The summed E-state index contributed by atoms with van der Waals surface area (Å²) in [6.07, 6.45) is 1.55. The van der Waals surface area contributed by atoms with Crippen LogP contribution in [0.25, 0.3) is 11.1 Å². The van der Waals surface area contributed by atoms with Crippen molar-refractivity contribution in [3.63, 3.8) is 0 Å². The topological polar surface area (TPSA) is 86.1 Å². The molecule has 27 heavy (non-hydrogen) atoms. The number of rotatable bonds is 6. The lowest BCUT2D eigenvalue weighted by atomic mass is 10.0. The molecule has 0 fully saturated rings. The lowest BCUT2D eigenvalue weighted by Crippen LogP contribution is -2.16. The van der Waals surface area contributed by atoms with Gasteiger partial charge >= 0.3 is 5.97 Å². The van der Waals surface area contributed by atoms with Crippen molar-refractivity contribution < 1.29 is 18.7 Å². The molecule has 0 spiro atoms. The minimum atomic E-state index is -0.577. The number of esters is 1. The molecule has 0 aliphatic carbocycles. The van der Waals surface area contributed by atoms with E-state index in [4.69, 9.17) is 4.74 Å². The van der Waals surface area contributed by atoms with E-state index in [0.29, 0.717) is 21.3 Å². The van der Waals surface area contributed by atoms with Crippen LogP contribution in [0.3, 0.4) is 0 Å². The lowest BCUT2D eigenvalue weighted by molar-refractivity contribution is -0.113. The Kier molecular flexibility index (Phi) is 5.87. The van der Waals surface area contributed by atoms with Crippen molar-refractivity contribution >= 4 is 40.0 Å². The van der Waals surface area contributed by atoms with E-state index in [9.17, 15) is 14.0 Å². The highest BCUT2D eigenvalue weighted by Gasteiger charge is 2.22. The number of nitrogens with zero attached hydrogens (tertiary/aromatic N) is 3. The molecule has 0 saturated heterocycles. The second-order valence-electron chi connectivity index (χ2n) is 5.41. The van der Waals surface area contributed by atoms with Crippen LogP contribution in [0.2, 0.25) is 0 Å². The molecule has 10 heteroatoms. The molecule has 0 radical (unpaired) electrons. The maximum atomic E-state index is 13.2. The average molecular weight is 406 g/mol. The summed E-state index contributed by atoms with van der Waals surface area (Å²) >= 11 is 2.43. The zero-order valence-corrected chi connectivity index (χ0v) is 16.1. The number of hydrogen-bond donors (Lipinski definition) is 1. The molecule has 1 N–H and O–H groups in total. The summed E-state index contributed by atoms with van der Waals surface area (Å²) < 4.78 is 19.7. The molecule has 7 nitrogen and oxygen atoms in total. The summed E-state index contributed by atoms with van der Waals surface area (Å²) in [6.45, 7) is 0. The van der Waals surface area contributed by atoms with Crippen LogP contribution >= 0.6 is 23.1 Å². The highest BCUT2D eigenvalue weighted by molar-refractivity contribution is 7.99. The van der Waals surface area contributed by atoms with E-state index in [0.717, 1.165) is 0 Å². The van der Waals surface area contributed by atoms with E-state index in [-0.39, 0.29) is 23.0 Å². The van der Waals surface area contributed by atoms with Crippen LogP contribution in [0.5, 0.6) is 0 Å². The Labute approximate surface area is 162 Å². The van der Waals surface area contributed by atoms with Crippen LogP contribution in [0.15, 0.2) is 41.1 Å². The quantitative estimate of drug-likeness (QED) is 0.500. The van der Waals surface area contributed by atoms with E-state index in [1.165, 1.54) is 42.3 Å². The van der Waals surface area contributed by atoms with Gasteiger partial charge < -0.3 is 14.6 Å². The molecule has 1 aromatic carbocycles. The van der Waals surface area contributed by atoms with E-state index >= 15 is 0 Å². The summed E-state index contributed by atoms with van der Waals surface area (Å²) in [6, 6.07) is 5.76. The van der Waals surface area contributed by atoms with E-state index in [1.54, 1.807) is 35.5 Å². The van der Waals surface area contributed by atoms with Crippen molar-refractivity contribution in [1.29, 1.82) is 0 Å². The van der Waals surface area contributed by atoms with Gasteiger partial charge in [-0.05, 0) is 17.7 Å². The SMILES string of the molecule is COC(=O)c1c(-c2ccc(F)cc2)csc1NC(=O)CSc1nncn1C. The number of amides is 1. The Bertz CT molecular complexity index is 969. The third-order valence-corrected chi connectivity index (χ3v) is 5.52. The number of aromatic nitrogens is 3. The van der Waals surface area contributed by atoms with Gasteiger partial charge in [-0.1, -0.05) is 23.9 Å². The zero-order valence-electron chi connectivity index (χ0n) is 14.4. The fraction of sp³-hybridized carbons (Fsp3) is 0.176. The molecule has 3 aromatic rings. The molecular formula is C17H15FN4O3S2. The van der Waals surface area contributed by atoms with Crippen LogP contribution in [-0.4, -0.2) is 39.5 Å². The van der Waals surface area contributed by atoms with Gasteiger partial charge in [0, 0.05) is 18.0 Å². The molecule has 3 rings (SSSR count). The summed E-state index contributed by atoms with van der Waals surface area (Å²) in [5, 5.41) is 13.1. The summed E-state index contributed by atoms with van der Waals surface area (Å²) in [5.74, 6) is -1.13. The predicted molar refractivity (Wildman–Crippen MR) is 101 cm³/mol. The Morgan fingerprint density at radius 1 is 1.33 bits per heavy atom. The van der Waals surface area contributed by atoms with Crippen LogP contribution in [0.1, 0.15) is 10.4 Å². The molecule has 0 unspecified atom stereocenters. The number of halogens is 1. The third-order valence-electron chi connectivity index (χ3n) is 3.59. The fourth-order valence-corrected chi connectivity index (χ4v) is 3.95. The first-order valence-electron chi connectivity index (χ1n) is 7.72. The molecule has 0 bridgehead atoms. The van der Waals surface area contributed by atoms with Crippen molar-refractivity contribution in [2.75, 3.05) is 18.2 Å². The molecule has 1 amide bonds. The molecule has 0 aliphatic rings. The van der Waals surface area contributed by atoms with Crippen LogP contribution in [0, 0.1) is 5.82 Å². The largest absolute Gasteiger partial charge is 0.465 e. The molecule has 0 aliphatic heterocycles. The van der Waals surface area contributed by atoms with Crippen LogP contribution in [0.4, 0.5) is 9.39 Å². The molecular weight excluding hydrogens is 391 g/mol. The minimum absolute atomic E-state index is 0.108. The summed E-state index contributed by atoms with van der Waals surface area (Å²) in [4.78, 5) is 24.5. The number of methoxy groups -OCH3 is 1.